The van der Waals surface area contributed by atoms with E-state index in [1.54, 1.807) is 12.1 Å². The first kappa shape index (κ1) is 14.4. The van der Waals surface area contributed by atoms with Crippen LogP contribution in [0.25, 0.3) is 0 Å². The quantitative estimate of drug-likeness (QED) is 0.895. The minimum atomic E-state index is -3.37. The Morgan fingerprint density at radius 2 is 1.95 bits per heavy atom. The Hall–Kier alpha value is -0.980. The van der Waals surface area contributed by atoms with E-state index in [1.807, 2.05) is 0 Å². The van der Waals surface area contributed by atoms with E-state index in [-0.39, 0.29) is 5.82 Å². The molecule has 2 rings (SSSR count). The molecule has 1 N–H and O–H groups in total. The second-order valence-corrected chi connectivity index (χ2v) is 6.49. The van der Waals surface area contributed by atoms with Gasteiger partial charge in [-0.3, -0.25) is 0 Å². The van der Waals surface area contributed by atoms with Gasteiger partial charge in [0, 0.05) is 19.6 Å². The molecule has 0 bridgehead atoms. The molecule has 6 heteroatoms. The van der Waals surface area contributed by atoms with Crippen molar-refractivity contribution in [1.29, 1.82) is 0 Å². The first-order valence-corrected chi connectivity index (χ1v) is 8.01. The van der Waals surface area contributed by atoms with E-state index in [0.29, 0.717) is 26.1 Å². The van der Waals surface area contributed by atoms with Crippen LogP contribution in [0.5, 0.6) is 0 Å². The van der Waals surface area contributed by atoms with Crippen molar-refractivity contribution in [3.63, 3.8) is 0 Å². The average molecular weight is 286 g/mol. The highest BCUT2D eigenvalue weighted by atomic mass is 32.2. The second-order valence-electron chi connectivity index (χ2n) is 4.74. The Labute approximate surface area is 113 Å². The van der Waals surface area contributed by atoms with Gasteiger partial charge in [-0.2, -0.15) is 12.7 Å². The normalized spacial score (nSPS) is 17.5. The summed E-state index contributed by atoms with van der Waals surface area (Å²) in [6, 6.07) is 6.22. The molecule has 0 radical (unpaired) electrons. The van der Waals surface area contributed by atoms with E-state index in [4.69, 9.17) is 0 Å². The van der Waals surface area contributed by atoms with Crippen LogP contribution in [-0.4, -0.2) is 32.4 Å². The molecule has 1 heterocycles. The summed E-state index contributed by atoms with van der Waals surface area (Å²) in [5.41, 5.74) is 0.793. The lowest BCUT2D eigenvalue weighted by Crippen LogP contribution is -2.43. The van der Waals surface area contributed by atoms with Crippen LogP contribution in [0.15, 0.2) is 24.3 Å². The molecule has 0 amide bonds. The highest BCUT2D eigenvalue weighted by Crippen LogP contribution is 2.12. The van der Waals surface area contributed by atoms with Gasteiger partial charge in [0.25, 0.3) is 10.2 Å². The summed E-state index contributed by atoms with van der Waals surface area (Å²) in [4.78, 5) is 0. The van der Waals surface area contributed by atoms with Gasteiger partial charge in [0.2, 0.25) is 0 Å². The summed E-state index contributed by atoms with van der Waals surface area (Å²) in [5, 5.41) is 0. The predicted octanol–water partition coefficient (Wildman–Crippen LogP) is 1.69. The molecule has 4 nitrogen and oxygen atoms in total. The summed E-state index contributed by atoms with van der Waals surface area (Å²) in [6.07, 6.45) is 3.43. The van der Waals surface area contributed by atoms with Crippen LogP contribution in [0.1, 0.15) is 24.8 Å². The van der Waals surface area contributed by atoms with Gasteiger partial charge in [-0.25, -0.2) is 9.11 Å². The summed E-state index contributed by atoms with van der Waals surface area (Å²) < 4.78 is 41.0. The fraction of sp³-hybridized carbons (Fsp3) is 0.538. The average Bonchev–Trinajstić information content (AvgIpc) is 2.40. The van der Waals surface area contributed by atoms with Gasteiger partial charge < -0.3 is 0 Å². The molecule has 1 aliphatic heterocycles. The SMILES string of the molecule is O=S(=O)(NCCc1cccc(F)c1)N1CCCCC1. The molecular weight excluding hydrogens is 267 g/mol. The predicted molar refractivity (Wildman–Crippen MR) is 72.5 cm³/mol. The van der Waals surface area contributed by atoms with Crippen molar-refractivity contribution >= 4 is 10.2 Å². The summed E-state index contributed by atoms with van der Waals surface area (Å²) in [6.45, 7) is 1.48. The molecule has 1 aromatic carbocycles. The van der Waals surface area contributed by atoms with Gasteiger partial charge >= 0.3 is 0 Å². The Morgan fingerprint density at radius 3 is 2.63 bits per heavy atom. The highest BCUT2D eigenvalue weighted by molar-refractivity contribution is 7.87. The number of nitrogens with one attached hydrogen (secondary N) is 1. The van der Waals surface area contributed by atoms with Crippen molar-refractivity contribution in [3.05, 3.63) is 35.6 Å². The maximum atomic E-state index is 13.0. The molecule has 0 aliphatic carbocycles. The maximum Gasteiger partial charge on any atom is 0.279 e. The third kappa shape index (κ3) is 4.26. The zero-order valence-electron chi connectivity index (χ0n) is 10.8. The van der Waals surface area contributed by atoms with Crippen molar-refractivity contribution in [3.8, 4) is 0 Å². The molecule has 19 heavy (non-hydrogen) atoms. The topological polar surface area (TPSA) is 49.4 Å². The van der Waals surface area contributed by atoms with Gasteiger partial charge in [0.05, 0.1) is 0 Å². The smallest absolute Gasteiger partial charge is 0.207 e. The standard InChI is InChI=1S/C13H19FN2O2S/c14-13-6-4-5-12(11-13)7-8-15-19(17,18)16-9-2-1-3-10-16/h4-6,11,15H,1-3,7-10H2. The van der Waals surface area contributed by atoms with Crippen LogP contribution in [0, 0.1) is 5.82 Å². The van der Waals surface area contributed by atoms with E-state index >= 15 is 0 Å². The first-order chi connectivity index (χ1) is 9.08. The molecule has 1 aliphatic rings. The van der Waals surface area contributed by atoms with Crippen molar-refractivity contribution in [1.82, 2.24) is 9.03 Å². The number of piperidine rings is 1. The molecule has 0 spiro atoms. The van der Waals surface area contributed by atoms with Crippen LogP contribution in [-0.2, 0) is 16.6 Å². The van der Waals surface area contributed by atoms with Crippen molar-refractivity contribution in [2.45, 2.75) is 25.7 Å². The Kier molecular flexibility index (Phi) is 4.90. The zero-order chi connectivity index (χ0) is 13.7. The minimum absolute atomic E-state index is 0.294. The van der Waals surface area contributed by atoms with E-state index < -0.39 is 10.2 Å². The van der Waals surface area contributed by atoms with E-state index in [1.165, 1.54) is 16.4 Å². The molecule has 1 saturated heterocycles. The van der Waals surface area contributed by atoms with E-state index in [9.17, 15) is 12.8 Å². The highest BCUT2D eigenvalue weighted by Gasteiger charge is 2.22. The second kappa shape index (κ2) is 6.45. The van der Waals surface area contributed by atoms with Crippen molar-refractivity contribution in [2.75, 3.05) is 19.6 Å². The zero-order valence-corrected chi connectivity index (χ0v) is 11.6. The fourth-order valence-corrected chi connectivity index (χ4v) is 3.49. The lowest BCUT2D eigenvalue weighted by molar-refractivity contribution is 0.342. The van der Waals surface area contributed by atoms with Crippen molar-refractivity contribution < 1.29 is 12.8 Å². The lowest BCUT2D eigenvalue weighted by Gasteiger charge is -2.25. The van der Waals surface area contributed by atoms with E-state index in [0.717, 1.165) is 24.8 Å². The Balaban J connectivity index is 1.84. The minimum Gasteiger partial charge on any atom is -0.207 e. The Morgan fingerprint density at radius 1 is 1.21 bits per heavy atom. The molecular formula is C13H19FN2O2S. The van der Waals surface area contributed by atoms with Gasteiger partial charge in [-0.05, 0) is 37.0 Å². The first-order valence-electron chi connectivity index (χ1n) is 6.57. The van der Waals surface area contributed by atoms with Crippen molar-refractivity contribution in [2.24, 2.45) is 0 Å². The maximum absolute atomic E-state index is 13.0. The summed E-state index contributed by atoms with van der Waals surface area (Å²) >= 11 is 0. The molecule has 0 aromatic heterocycles. The summed E-state index contributed by atoms with van der Waals surface area (Å²) in [5.74, 6) is -0.295. The number of halogens is 1. The summed E-state index contributed by atoms with van der Waals surface area (Å²) in [7, 11) is -3.37. The number of benzene rings is 1. The molecule has 106 valence electrons. The van der Waals surface area contributed by atoms with Crippen LogP contribution in [0.3, 0.4) is 0 Å². The molecule has 0 unspecified atom stereocenters. The molecule has 1 aromatic rings. The van der Waals surface area contributed by atoms with Crippen LogP contribution in [0.4, 0.5) is 4.39 Å². The molecule has 1 fully saturated rings. The van der Waals surface area contributed by atoms with Crippen LogP contribution in [0.2, 0.25) is 0 Å². The van der Waals surface area contributed by atoms with Gasteiger partial charge in [0.1, 0.15) is 5.82 Å². The van der Waals surface area contributed by atoms with Crippen LogP contribution < -0.4 is 4.72 Å². The van der Waals surface area contributed by atoms with E-state index in [2.05, 4.69) is 4.72 Å². The van der Waals surface area contributed by atoms with Crippen LogP contribution >= 0.6 is 0 Å². The number of nitrogens with zero attached hydrogens (tertiary/aromatic N) is 1. The number of rotatable bonds is 5. The largest absolute Gasteiger partial charge is 0.279 e. The van der Waals surface area contributed by atoms with Gasteiger partial charge in [-0.15, -0.1) is 0 Å². The lowest BCUT2D eigenvalue weighted by atomic mass is 10.1. The number of hydrogen-bond acceptors (Lipinski definition) is 2. The van der Waals surface area contributed by atoms with Gasteiger partial charge in [-0.1, -0.05) is 18.6 Å². The number of hydrogen-bond donors (Lipinski definition) is 1. The van der Waals surface area contributed by atoms with Gasteiger partial charge in [0.15, 0.2) is 0 Å². The molecule has 0 atom stereocenters. The fourth-order valence-electron chi connectivity index (χ4n) is 2.21. The Bertz CT molecular complexity index is 513. The third-order valence-corrected chi connectivity index (χ3v) is 4.86. The third-order valence-electron chi connectivity index (χ3n) is 3.24. The monoisotopic (exact) mass is 286 g/mol. The molecule has 0 saturated carbocycles.